The van der Waals surface area contributed by atoms with E-state index in [9.17, 15) is 9.90 Å². The predicted octanol–water partition coefficient (Wildman–Crippen LogP) is 5.19. The second kappa shape index (κ2) is 6.85. The van der Waals surface area contributed by atoms with Crippen molar-refractivity contribution in [2.75, 3.05) is 0 Å². The number of benzene rings is 2. The molecule has 0 aliphatic carbocycles. The van der Waals surface area contributed by atoms with Crippen LogP contribution >= 0.6 is 0 Å². The van der Waals surface area contributed by atoms with Gasteiger partial charge in [-0.25, -0.2) is 4.79 Å². The van der Waals surface area contributed by atoms with Gasteiger partial charge in [0.15, 0.2) is 0 Å². The molecule has 25 heavy (non-hydrogen) atoms. The van der Waals surface area contributed by atoms with E-state index in [0.717, 1.165) is 27.8 Å². The van der Waals surface area contributed by atoms with Crippen LogP contribution in [0.3, 0.4) is 0 Å². The van der Waals surface area contributed by atoms with Crippen LogP contribution < -0.4 is 4.74 Å². The molecule has 0 atom stereocenters. The first-order valence-electron chi connectivity index (χ1n) is 8.17. The molecule has 3 rings (SSSR count). The zero-order chi connectivity index (χ0) is 18.0. The van der Waals surface area contributed by atoms with Gasteiger partial charge in [-0.05, 0) is 37.5 Å². The van der Waals surface area contributed by atoms with E-state index in [1.165, 1.54) is 5.56 Å². The Balaban J connectivity index is 2.06. The summed E-state index contributed by atoms with van der Waals surface area (Å²) >= 11 is 0. The van der Waals surface area contributed by atoms with Crippen LogP contribution in [0.25, 0.3) is 11.1 Å². The normalized spacial score (nSPS) is 10.7. The topological polar surface area (TPSA) is 51.5 Å². The van der Waals surface area contributed by atoms with Crippen molar-refractivity contribution >= 4 is 6.16 Å². The van der Waals surface area contributed by atoms with Crippen LogP contribution in [0.15, 0.2) is 54.7 Å². The molecule has 1 aromatic heterocycles. The number of aromatic nitrogens is 1. The molecule has 0 amide bonds. The van der Waals surface area contributed by atoms with Gasteiger partial charge >= 0.3 is 6.16 Å². The van der Waals surface area contributed by atoms with Gasteiger partial charge in [0.05, 0.1) is 6.54 Å². The number of carbonyl (C=O) groups is 1. The summed E-state index contributed by atoms with van der Waals surface area (Å²) in [6.07, 6.45) is 0.629. The second-order valence-corrected chi connectivity index (χ2v) is 6.34. The summed E-state index contributed by atoms with van der Waals surface area (Å²) in [4.78, 5) is 11.2. The molecule has 0 saturated heterocycles. The highest BCUT2D eigenvalue weighted by Gasteiger charge is 2.19. The Hall–Kier alpha value is -3.01. The Morgan fingerprint density at radius 2 is 1.52 bits per heavy atom. The summed E-state index contributed by atoms with van der Waals surface area (Å²) in [5, 5.41) is 9.18. The van der Waals surface area contributed by atoms with Crippen molar-refractivity contribution in [2.24, 2.45) is 0 Å². The van der Waals surface area contributed by atoms with E-state index in [-0.39, 0.29) is 0 Å². The van der Waals surface area contributed by atoms with Crippen molar-refractivity contribution in [2.45, 2.75) is 27.3 Å². The third-order valence-corrected chi connectivity index (χ3v) is 4.22. The van der Waals surface area contributed by atoms with E-state index in [2.05, 4.69) is 0 Å². The van der Waals surface area contributed by atoms with Crippen LogP contribution in [0.5, 0.6) is 5.88 Å². The minimum absolute atomic E-state index is 0.356. The van der Waals surface area contributed by atoms with Crippen LogP contribution in [0, 0.1) is 20.8 Å². The molecule has 0 aliphatic rings. The van der Waals surface area contributed by atoms with Gasteiger partial charge in [-0.1, -0.05) is 59.7 Å². The van der Waals surface area contributed by atoms with Gasteiger partial charge in [0, 0.05) is 11.8 Å². The number of nitrogens with zero attached hydrogens (tertiary/aromatic N) is 1. The Morgan fingerprint density at radius 3 is 2.08 bits per heavy atom. The van der Waals surface area contributed by atoms with Gasteiger partial charge in [0.25, 0.3) is 0 Å². The van der Waals surface area contributed by atoms with Crippen molar-refractivity contribution in [3.8, 4) is 17.0 Å². The van der Waals surface area contributed by atoms with Crippen LogP contribution in [0.1, 0.15) is 22.3 Å². The monoisotopic (exact) mass is 335 g/mol. The Labute approximate surface area is 147 Å². The maximum Gasteiger partial charge on any atom is 0.512 e. The molecule has 2 aromatic carbocycles. The Morgan fingerprint density at radius 1 is 0.960 bits per heavy atom. The Bertz CT molecular complexity index is 890. The lowest BCUT2D eigenvalue weighted by Gasteiger charge is -2.11. The van der Waals surface area contributed by atoms with Gasteiger partial charge < -0.3 is 14.4 Å². The maximum absolute atomic E-state index is 11.2. The van der Waals surface area contributed by atoms with Crippen molar-refractivity contribution in [3.63, 3.8) is 0 Å². The molecule has 0 aliphatic heterocycles. The lowest BCUT2D eigenvalue weighted by molar-refractivity contribution is 0.141. The maximum atomic E-state index is 11.2. The van der Waals surface area contributed by atoms with Crippen LogP contribution in [-0.2, 0) is 6.54 Å². The molecule has 0 bridgehead atoms. The lowest BCUT2D eigenvalue weighted by Crippen LogP contribution is -2.09. The fourth-order valence-electron chi connectivity index (χ4n) is 2.94. The average molecular weight is 335 g/mol. The molecule has 4 nitrogen and oxygen atoms in total. The molecule has 0 radical (unpaired) electrons. The van der Waals surface area contributed by atoms with E-state index < -0.39 is 6.16 Å². The summed E-state index contributed by atoms with van der Waals surface area (Å²) < 4.78 is 7.01. The molecule has 0 spiro atoms. The first kappa shape index (κ1) is 16.8. The highest BCUT2D eigenvalue weighted by Crippen LogP contribution is 2.36. The fourth-order valence-corrected chi connectivity index (χ4v) is 2.94. The summed E-state index contributed by atoms with van der Waals surface area (Å²) in [5.41, 5.74) is 6.17. The zero-order valence-corrected chi connectivity index (χ0v) is 14.6. The molecule has 1 N–H and O–H groups in total. The number of ether oxygens (including phenoxy) is 1. The quantitative estimate of drug-likeness (QED) is 0.668. The van der Waals surface area contributed by atoms with Gasteiger partial charge in [0.2, 0.25) is 5.88 Å². The van der Waals surface area contributed by atoms with Crippen LogP contribution in [0.4, 0.5) is 4.79 Å². The molecule has 4 heteroatoms. The minimum atomic E-state index is -1.31. The van der Waals surface area contributed by atoms with Gasteiger partial charge in [-0.3, -0.25) is 0 Å². The average Bonchev–Trinajstić information content (AvgIpc) is 2.85. The van der Waals surface area contributed by atoms with Gasteiger partial charge in [-0.2, -0.15) is 0 Å². The third-order valence-electron chi connectivity index (χ3n) is 4.22. The number of rotatable bonds is 4. The second-order valence-electron chi connectivity index (χ2n) is 6.34. The van der Waals surface area contributed by atoms with Crippen LogP contribution in [0.2, 0.25) is 0 Å². The molecular formula is C21H21NO3. The predicted molar refractivity (Wildman–Crippen MR) is 98.3 cm³/mol. The van der Waals surface area contributed by atoms with Gasteiger partial charge in [0.1, 0.15) is 0 Å². The number of hydrogen-bond donors (Lipinski definition) is 1. The third kappa shape index (κ3) is 3.74. The first-order chi connectivity index (χ1) is 11.9. The lowest BCUT2D eigenvalue weighted by atomic mass is 10.0. The van der Waals surface area contributed by atoms with E-state index >= 15 is 0 Å². The van der Waals surface area contributed by atoms with Gasteiger partial charge in [-0.15, -0.1) is 0 Å². The number of carboxylic acid groups (broad SMARTS) is 1. The highest BCUT2D eigenvalue weighted by atomic mass is 16.7. The van der Waals surface area contributed by atoms with E-state index in [1.54, 1.807) is 0 Å². The standard InChI is InChI=1S/C21H21NO3/c1-14-4-8-17(9-5-14)13-22-12-16(3)19(20(22)25-21(23)24)18-10-6-15(2)7-11-18/h4-12H,13H2,1-3H3,(H,23,24). The summed E-state index contributed by atoms with van der Waals surface area (Å²) in [7, 11) is 0. The number of aryl methyl sites for hydroxylation is 3. The highest BCUT2D eigenvalue weighted by molar-refractivity contribution is 5.76. The summed E-state index contributed by atoms with van der Waals surface area (Å²) in [6.45, 7) is 6.58. The first-order valence-corrected chi connectivity index (χ1v) is 8.17. The Kier molecular flexibility index (Phi) is 4.61. The van der Waals surface area contributed by atoms with Crippen molar-refractivity contribution < 1.29 is 14.6 Å². The minimum Gasteiger partial charge on any atom is -0.449 e. The van der Waals surface area contributed by atoms with Crippen molar-refractivity contribution in [3.05, 3.63) is 77.0 Å². The van der Waals surface area contributed by atoms with E-state index in [0.29, 0.717) is 12.4 Å². The van der Waals surface area contributed by atoms with Crippen LogP contribution in [-0.4, -0.2) is 15.8 Å². The molecule has 0 fully saturated rings. The van der Waals surface area contributed by atoms with Crippen molar-refractivity contribution in [1.29, 1.82) is 0 Å². The van der Waals surface area contributed by atoms with E-state index in [1.807, 2.05) is 80.1 Å². The molecule has 128 valence electrons. The molecule has 0 unspecified atom stereocenters. The molecule has 0 saturated carbocycles. The molecule has 1 heterocycles. The fraction of sp³-hybridized carbons (Fsp3) is 0.190. The largest absolute Gasteiger partial charge is 0.512 e. The SMILES string of the molecule is Cc1ccc(Cn2cc(C)c(-c3ccc(C)cc3)c2OC(=O)O)cc1. The number of hydrogen-bond acceptors (Lipinski definition) is 2. The molecular weight excluding hydrogens is 314 g/mol. The molecule has 3 aromatic rings. The summed E-state index contributed by atoms with van der Waals surface area (Å²) in [5.74, 6) is 0.356. The smallest absolute Gasteiger partial charge is 0.449 e. The summed E-state index contributed by atoms with van der Waals surface area (Å²) in [6, 6.07) is 16.2. The van der Waals surface area contributed by atoms with E-state index in [4.69, 9.17) is 4.74 Å². The van der Waals surface area contributed by atoms with Crippen molar-refractivity contribution in [1.82, 2.24) is 4.57 Å². The zero-order valence-electron chi connectivity index (χ0n) is 14.6.